The van der Waals surface area contributed by atoms with E-state index in [9.17, 15) is 0 Å². The van der Waals surface area contributed by atoms with Gasteiger partial charge in [-0.05, 0) is 44.8 Å². The van der Waals surface area contributed by atoms with E-state index in [-0.39, 0.29) is 6.04 Å². The quantitative estimate of drug-likeness (QED) is 0.609. The number of nitrogens with zero attached hydrogens (tertiary/aromatic N) is 1. The van der Waals surface area contributed by atoms with Crippen LogP contribution in [0.1, 0.15) is 51.9 Å². The molecule has 1 atom stereocenters. The van der Waals surface area contributed by atoms with Crippen LogP contribution in [0.25, 0.3) is 0 Å². The van der Waals surface area contributed by atoms with E-state index in [2.05, 4.69) is 15.8 Å². The van der Waals surface area contributed by atoms with Gasteiger partial charge in [-0.25, -0.2) is 0 Å². The molecule has 2 N–H and O–H groups in total. The fourth-order valence-electron chi connectivity index (χ4n) is 2.10. The molecular formula is C13H25N3OS. The molecule has 0 heterocycles. The number of hydrazone groups is 1. The summed E-state index contributed by atoms with van der Waals surface area (Å²) in [6.45, 7) is 2.67. The lowest BCUT2D eigenvalue weighted by atomic mass is 9.99. The van der Waals surface area contributed by atoms with E-state index in [4.69, 9.17) is 17.0 Å². The van der Waals surface area contributed by atoms with E-state index in [1.165, 1.54) is 37.8 Å². The first kappa shape index (κ1) is 15.4. The van der Waals surface area contributed by atoms with Crippen LogP contribution in [0.4, 0.5) is 0 Å². The second-order valence-corrected chi connectivity index (χ2v) is 5.30. The summed E-state index contributed by atoms with van der Waals surface area (Å²) in [4.78, 5) is 0. The Labute approximate surface area is 116 Å². The largest absolute Gasteiger partial charge is 0.383 e. The molecule has 0 aromatic carbocycles. The Kier molecular flexibility index (Phi) is 7.93. The van der Waals surface area contributed by atoms with Crippen LogP contribution in [0.15, 0.2) is 5.10 Å². The Hall–Kier alpha value is -0.680. The molecule has 1 saturated carbocycles. The van der Waals surface area contributed by atoms with E-state index in [1.54, 1.807) is 7.11 Å². The predicted molar refractivity (Wildman–Crippen MR) is 80.0 cm³/mol. The van der Waals surface area contributed by atoms with Crippen LogP contribution in [-0.4, -0.2) is 30.6 Å². The van der Waals surface area contributed by atoms with Gasteiger partial charge >= 0.3 is 0 Å². The molecule has 0 aromatic rings. The highest BCUT2D eigenvalue weighted by molar-refractivity contribution is 7.80. The minimum Gasteiger partial charge on any atom is -0.383 e. The van der Waals surface area contributed by atoms with Crippen LogP contribution in [0.2, 0.25) is 0 Å². The Balaban J connectivity index is 2.29. The molecule has 0 aromatic heterocycles. The highest BCUT2D eigenvalue weighted by atomic mass is 32.1. The van der Waals surface area contributed by atoms with Crippen LogP contribution < -0.4 is 10.7 Å². The minimum atomic E-state index is 0.201. The Bertz CT molecular complexity index is 271. The van der Waals surface area contributed by atoms with Crippen LogP contribution in [0.5, 0.6) is 0 Å². The number of nitrogens with one attached hydrogen (secondary N) is 2. The maximum Gasteiger partial charge on any atom is 0.187 e. The Morgan fingerprint density at radius 2 is 1.89 bits per heavy atom. The number of hydrogen-bond acceptors (Lipinski definition) is 3. The van der Waals surface area contributed by atoms with Gasteiger partial charge in [-0.1, -0.05) is 19.3 Å². The van der Waals surface area contributed by atoms with Crippen LogP contribution in [0, 0.1) is 0 Å². The highest BCUT2D eigenvalue weighted by Gasteiger charge is 2.06. The van der Waals surface area contributed by atoms with Crippen molar-refractivity contribution in [2.45, 2.75) is 57.9 Å². The van der Waals surface area contributed by atoms with Crippen molar-refractivity contribution < 1.29 is 4.74 Å². The maximum atomic E-state index is 5.19. The first-order valence-corrected chi connectivity index (χ1v) is 7.24. The van der Waals surface area contributed by atoms with Gasteiger partial charge in [-0.3, -0.25) is 5.43 Å². The summed E-state index contributed by atoms with van der Waals surface area (Å²) in [5.74, 6) is 0. The van der Waals surface area contributed by atoms with Gasteiger partial charge in [0.25, 0.3) is 0 Å². The molecule has 0 spiro atoms. The monoisotopic (exact) mass is 271 g/mol. The predicted octanol–water partition coefficient (Wildman–Crippen LogP) is 2.59. The van der Waals surface area contributed by atoms with Crippen molar-refractivity contribution in [3.05, 3.63) is 0 Å². The molecule has 1 aliphatic rings. The molecule has 18 heavy (non-hydrogen) atoms. The standard InChI is InChI=1S/C13H25N3OS/c1-11(10-17-2)14-13(18)16-15-12-8-6-4-3-5-7-9-12/h11H,3-10H2,1-2H3,(H2,14,16,18)/t11-/m1/s1. The van der Waals surface area contributed by atoms with Crippen LogP contribution in [-0.2, 0) is 4.74 Å². The molecule has 4 nitrogen and oxygen atoms in total. The number of methoxy groups -OCH3 is 1. The van der Waals surface area contributed by atoms with Crippen molar-refractivity contribution in [2.24, 2.45) is 5.10 Å². The maximum absolute atomic E-state index is 5.19. The van der Waals surface area contributed by atoms with Gasteiger partial charge in [0.05, 0.1) is 6.61 Å². The molecule has 0 bridgehead atoms. The lowest BCUT2D eigenvalue weighted by Crippen LogP contribution is -2.40. The van der Waals surface area contributed by atoms with E-state index >= 15 is 0 Å². The van der Waals surface area contributed by atoms with E-state index < -0.39 is 0 Å². The molecule has 1 rings (SSSR count). The number of rotatable bonds is 4. The van der Waals surface area contributed by atoms with Gasteiger partial charge in [0.1, 0.15) is 0 Å². The van der Waals surface area contributed by atoms with Crippen LogP contribution >= 0.6 is 12.2 Å². The molecule has 0 saturated heterocycles. The van der Waals surface area contributed by atoms with Gasteiger partial charge in [-0.15, -0.1) is 0 Å². The summed E-state index contributed by atoms with van der Waals surface area (Å²) in [5.41, 5.74) is 4.19. The van der Waals surface area contributed by atoms with Crippen molar-refractivity contribution in [1.82, 2.24) is 10.7 Å². The summed E-state index contributed by atoms with van der Waals surface area (Å²) in [6.07, 6.45) is 8.72. The van der Waals surface area contributed by atoms with Crippen molar-refractivity contribution in [1.29, 1.82) is 0 Å². The molecule has 0 unspecified atom stereocenters. The number of thiocarbonyl (C=S) groups is 1. The van der Waals surface area contributed by atoms with Crippen LogP contribution in [0.3, 0.4) is 0 Å². The second kappa shape index (κ2) is 9.28. The van der Waals surface area contributed by atoms with E-state index in [0.717, 1.165) is 12.8 Å². The molecule has 1 fully saturated rings. The molecule has 5 heteroatoms. The summed E-state index contributed by atoms with van der Waals surface area (Å²) in [6, 6.07) is 0.201. The second-order valence-electron chi connectivity index (χ2n) is 4.89. The number of ether oxygens (including phenoxy) is 1. The van der Waals surface area contributed by atoms with Crippen molar-refractivity contribution >= 4 is 23.0 Å². The first-order chi connectivity index (χ1) is 8.72. The first-order valence-electron chi connectivity index (χ1n) is 6.83. The highest BCUT2D eigenvalue weighted by Crippen LogP contribution is 2.14. The van der Waals surface area contributed by atoms with Gasteiger partial charge in [0.15, 0.2) is 5.11 Å². The third-order valence-electron chi connectivity index (χ3n) is 3.04. The summed E-state index contributed by atoms with van der Waals surface area (Å²) in [5, 5.41) is 8.13. The summed E-state index contributed by atoms with van der Waals surface area (Å²) < 4.78 is 5.04. The molecular weight excluding hydrogens is 246 g/mol. The molecule has 1 aliphatic carbocycles. The topological polar surface area (TPSA) is 45.6 Å². The SMILES string of the molecule is COC[C@@H](C)NC(=S)NN=C1CCCCCCC1. The summed E-state index contributed by atoms with van der Waals surface area (Å²) >= 11 is 5.19. The van der Waals surface area contributed by atoms with Crippen molar-refractivity contribution in [3.8, 4) is 0 Å². The van der Waals surface area contributed by atoms with Gasteiger partial charge in [0, 0.05) is 18.9 Å². The molecule has 0 aliphatic heterocycles. The average molecular weight is 271 g/mol. The smallest absolute Gasteiger partial charge is 0.187 e. The third-order valence-corrected chi connectivity index (χ3v) is 3.25. The third kappa shape index (κ3) is 6.91. The average Bonchev–Trinajstić information content (AvgIpc) is 2.27. The fraction of sp³-hybridized carbons (Fsp3) is 0.846. The molecule has 0 radical (unpaired) electrons. The zero-order valence-corrected chi connectivity index (χ0v) is 12.3. The number of hydrogen-bond donors (Lipinski definition) is 2. The minimum absolute atomic E-state index is 0.201. The Morgan fingerprint density at radius 3 is 2.50 bits per heavy atom. The zero-order valence-electron chi connectivity index (χ0n) is 11.5. The molecule has 0 amide bonds. The zero-order chi connectivity index (χ0) is 13.2. The van der Waals surface area contributed by atoms with E-state index in [1.807, 2.05) is 6.92 Å². The van der Waals surface area contributed by atoms with Gasteiger partial charge in [0.2, 0.25) is 0 Å². The fourth-order valence-corrected chi connectivity index (χ4v) is 2.35. The lowest BCUT2D eigenvalue weighted by molar-refractivity contribution is 0.179. The van der Waals surface area contributed by atoms with Gasteiger partial charge < -0.3 is 10.1 Å². The molecule has 104 valence electrons. The van der Waals surface area contributed by atoms with E-state index in [0.29, 0.717) is 11.7 Å². The summed E-state index contributed by atoms with van der Waals surface area (Å²) in [7, 11) is 1.68. The lowest BCUT2D eigenvalue weighted by Gasteiger charge is -2.15. The normalized spacial score (nSPS) is 18.4. The van der Waals surface area contributed by atoms with Crippen molar-refractivity contribution in [2.75, 3.05) is 13.7 Å². The Morgan fingerprint density at radius 1 is 1.28 bits per heavy atom. The van der Waals surface area contributed by atoms with Crippen molar-refractivity contribution in [3.63, 3.8) is 0 Å². The van der Waals surface area contributed by atoms with Gasteiger partial charge in [-0.2, -0.15) is 5.10 Å².